The molecule has 2 aromatic heterocycles. The Balaban J connectivity index is 1.43. The summed E-state index contributed by atoms with van der Waals surface area (Å²) in [4.78, 5) is 35.0. The van der Waals surface area contributed by atoms with Crippen LogP contribution >= 0.6 is 15.9 Å². The van der Waals surface area contributed by atoms with Crippen molar-refractivity contribution in [1.82, 2.24) is 25.1 Å². The van der Waals surface area contributed by atoms with E-state index >= 15 is 0 Å². The zero-order valence-electron chi connectivity index (χ0n) is 14.8. The van der Waals surface area contributed by atoms with Crippen LogP contribution in [0.25, 0.3) is 5.82 Å². The summed E-state index contributed by atoms with van der Waals surface area (Å²) in [5, 5.41) is 7.01. The van der Waals surface area contributed by atoms with E-state index in [0.717, 1.165) is 15.7 Å². The molecule has 9 heteroatoms. The number of benzene rings is 1. The molecular weight excluding hydrogens is 424 g/mol. The number of hydrogen-bond donors (Lipinski definition) is 1. The van der Waals surface area contributed by atoms with Gasteiger partial charge in [0, 0.05) is 35.7 Å². The zero-order chi connectivity index (χ0) is 19.5. The van der Waals surface area contributed by atoms with Gasteiger partial charge in [-0.25, -0.2) is 14.6 Å². The van der Waals surface area contributed by atoms with Gasteiger partial charge in [-0.1, -0.05) is 18.2 Å². The van der Waals surface area contributed by atoms with Gasteiger partial charge < -0.3 is 10.2 Å². The highest BCUT2D eigenvalue weighted by atomic mass is 79.9. The van der Waals surface area contributed by atoms with Gasteiger partial charge in [-0.05, 0) is 34.1 Å². The number of para-hydroxylation sites is 1. The number of amides is 2. The molecule has 0 radical (unpaired) electrons. The second kappa shape index (κ2) is 7.89. The molecule has 142 valence electrons. The van der Waals surface area contributed by atoms with Gasteiger partial charge in [0.05, 0.1) is 11.6 Å². The molecule has 1 N–H and O–H groups in total. The fourth-order valence-electron chi connectivity index (χ4n) is 3.21. The SMILES string of the molecule is O=C(NCc1cccnc1-n1cncn1)C1CC(=O)N(c2ccccc2Br)C1. The van der Waals surface area contributed by atoms with Crippen LogP contribution in [-0.2, 0) is 16.1 Å². The third-order valence-corrected chi connectivity index (χ3v) is 5.27. The minimum Gasteiger partial charge on any atom is -0.352 e. The Morgan fingerprint density at radius 3 is 2.89 bits per heavy atom. The quantitative estimate of drug-likeness (QED) is 0.655. The lowest BCUT2D eigenvalue weighted by atomic mass is 10.1. The fraction of sp³-hybridized carbons (Fsp3) is 0.211. The Hall–Kier alpha value is -3.07. The summed E-state index contributed by atoms with van der Waals surface area (Å²) in [6.07, 6.45) is 4.83. The molecule has 4 rings (SSSR count). The molecule has 8 nitrogen and oxygen atoms in total. The Bertz CT molecular complexity index is 1010. The van der Waals surface area contributed by atoms with Crippen LogP contribution in [0.4, 0.5) is 5.69 Å². The Morgan fingerprint density at radius 2 is 2.11 bits per heavy atom. The van der Waals surface area contributed by atoms with Crippen LogP contribution in [0.3, 0.4) is 0 Å². The lowest BCUT2D eigenvalue weighted by molar-refractivity contribution is -0.126. The number of rotatable bonds is 5. The van der Waals surface area contributed by atoms with Crippen LogP contribution in [-0.4, -0.2) is 38.1 Å². The molecule has 1 aromatic carbocycles. The van der Waals surface area contributed by atoms with Crippen LogP contribution in [0.1, 0.15) is 12.0 Å². The van der Waals surface area contributed by atoms with Crippen LogP contribution in [0.5, 0.6) is 0 Å². The van der Waals surface area contributed by atoms with E-state index in [0.29, 0.717) is 18.9 Å². The van der Waals surface area contributed by atoms with Crippen molar-refractivity contribution in [3.8, 4) is 5.82 Å². The largest absolute Gasteiger partial charge is 0.352 e. The fourth-order valence-corrected chi connectivity index (χ4v) is 3.70. The first kappa shape index (κ1) is 18.3. The summed E-state index contributed by atoms with van der Waals surface area (Å²) < 4.78 is 2.38. The normalized spacial score (nSPS) is 16.4. The topological polar surface area (TPSA) is 93.0 Å². The van der Waals surface area contributed by atoms with E-state index in [-0.39, 0.29) is 18.2 Å². The molecule has 3 aromatic rings. The van der Waals surface area contributed by atoms with Crippen molar-refractivity contribution in [3.05, 3.63) is 65.3 Å². The third-order valence-electron chi connectivity index (χ3n) is 4.60. The van der Waals surface area contributed by atoms with Crippen molar-refractivity contribution < 1.29 is 9.59 Å². The second-order valence-corrected chi connectivity index (χ2v) is 7.26. The van der Waals surface area contributed by atoms with Crippen LogP contribution < -0.4 is 10.2 Å². The summed E-state index contributed by atoms with van der Waals surface area (Å²) >= 11 is 3.46. The first-order valence-corrected chi connectivity index (χ1v) is 9.54. The van der Waals surface area contributed by atoms with E-state index in [9.17, 15) is 9.59 Å². The molecule has 1 unspecified atom stereocenters. The van der Waals surface area contributed by atoms with Gasteiger partial charge in [0.15, 0.2) is 5.82 Å². The third kappa shape index (κ3) is 3.65. The van der Waals surface area contributed by atoms with Gasteiger partial charge >= 0.3 is 0 Å². The summed E-state index contributed by atoms with van der Waals surface area (Å²) in [7, 11) is 0. The molecule has 1 aliphatic rings. The summed E-state index contributed by atoms with van der Waals surface area (Å²) in [5.74, 6) is -0.00299. The second-order valence-electron chi connectivity index (χ2n) is 6.40. The van der Waals surface area contributed by atoms with Gasteiger partial charge in [-0.3, -0.25) is 9.59 Å². The number of carbonyl (C=O) groups excluding carboxylic acids is 2. The molecule has 1 aliphatic heterocycles. The van der Waals surface area contributed by atoms with Crippen LogP contribution in [0, 0.1) is 5.92 Å². The number of nitrogens with one attached hydrogen (secondary N) is 1. The predicted molar refractivity (Wildman–Crippen MR) is 106 cm³/mol. The number of pyridine rings is 1. The van der Waals surface area contributed by atoms with Crippen LogP contribution in [0.15, 0.2) is 59.7 Å². The molecule has 2 amide bonds. The zero-order valence-corrected chi connectivity index (χ0v) is 16.4. The van der Waals surface area contributed by atoms with Gasteiger partial charge in [-0.2, -0.15) is 5.10 Å². The van der Waals surface area contributed by atoms with Crippen molar-refractivity contribution in [3.63, 3.8) is 0 Å². The highest BCUT2D eigenvalue weighted by Crippen LogP contribution is 2.31. The van der Waals surface area contributed by atoms with Gasteiger partial charge in [0.25, 0.3) is 0 Å². The Labute approximate surface area is 169 Å². The first-order valence-electron chi connectivity index (χ1n) is 8.75. The number of aromatic nitrogens is 4. The van der Waals surface area contributed by atoms with E-state index in [1.807, 2.05) is 30.3 Å². The molecule has 1 atom stereocenters. The maximum Gasteiger partial charge on any atom is 0.227 e. The summed E-state index contributed by atoms with van der Waals surface area (Å²) in [5.41, 5.74) is 1.59. The van der Waals surface area contributed by atoms with Crippen molar-refractivity contribution in [2.24, 2.45) is 5.92 Å². The van der Waals surface area contributed by atoms with Crippen molar-refractivity contribution in [1.29, 1.82) is 0 Å². The van der Waals surface area contributed by atoms with E-state index in [1.165, 1.54) is 6.33 Å². The van der Waals surface area contributed by atoms with Gasteiger partial charge in [-0.15, -0.1) is 0 Å². The number of anilines is 1. The highest BCUT2D eigenvalue weighted by Gasteiger charge is 2.35. The monoisotopic (exact) mass is 440 g/mol. The molecule has 28 heavy (non-hydrogen) atoms. The Kier molecular flexibility index (Phi) is 5.16. The number of nitrogens with zero attached hydrogens (tertiary/aromatic N) is 5. The molecule has 1 fully saturated rings. The van der Waals surface area contributed by atoms with Crippen molar-refractivity contribution in [2.45, 2.75) is 13.0 Å². The van der Waals surface area contributed by atoms with Crippen LogP contribution in [0.2, 0.25) is 0 Å². The number of carbonyl (C=O) groups is 2. The standard InChI is InChI=1S/C19H17BrN6O2/c20-15-5-1-2-6-16(15)25-10-14(8-17(25)27)19(28)23-9-13-4-3-7-22-18(13)26-12-21-11-24-26/h1-7,11-12,14H,8-10H2,(H,23,28). The minimum absolute atomic E-state index is 0.0586. The highest BCUT2D eigenvalue weighted by molar-refractivity contribution is 9.10. The molecule has 0 aliphatic carbocycles. The predicted octanol–water partition coefficient (Wildman–Crippen LogP) is 2.09. The van der Waals surface area contributed by atoms with Crippen molar-refractivity contribution >= 4 is 33.4 Å². The molecule has 3 heterocycles. The minimum atomic E-state index is -0.397. The average Bonchev–Trinajstić information content (AvgIpc) is 3.37. The van der Waals surface area contributed by atoms with E-state index in [2.05, 4.69) is 36.3 Å². The van der Waals surface area contributed by atoms with Gasteiger partial charge in [0.2, 0.25) is 11.8 Å². The molecule has 0 spiro atoms. The molecular formula is C19H17BrN6O2. The maximum absolute atomic E-state index is 12.7. The van der Waals surface area contributed by atoms with E-state index in [1.54, 1.807) is 28.2 Å². The number of halogens is 1. The maximum atomic E-state index is 12.7. The first-order chi connectivity index (χ1) is 13.6. The summed E-state index contributed by atoms with van der Waals surface area (Å²) in [6, 6.07) is 11.2. The number of hydrogen-bond acceptors (Lipinski definition) is 5. The molecule has 0 saturated carbocycles. The molecule has 0 bridgehead atoms. The van der Waals surface area contributed by atoms with Gasteiger partial charge in [0.1, 0.15) is 12.7 Å². The lowest BCUT2D eigenvalue weighted by Crippen LogP contribution is -2.33. The Morgan fingerprint density at radius 1 is 1.25 bits per heavy atom. The smallest absolute Gasteiger partial charge is 0.227 e. The van der Waals surface area contributed by atoms with E-state index < -0.39 is 5.92 Å². The van der Waals surface area contributed by atoms with E-state index in [4.69, 9.17) is 0 Å². The summed E-state index contributed by atoms with van der Waals surface area (Å²) in [6.45, 7) is 0.651. The average molecular weight is 441 g/mol. The van der Waals surface area contributed by atoms with Crippen molar-refractivity contribution in [2.75, 3.05) is 11.4 Å². The molecule has 1 saturated heterocycles. The lowest BCUT2D eigenvalue weighted by Gasteiger charge is -2.18.